The van der Waals surface area contributed by atoms with Crippen molar-refractivity contribution >= 4 is 33.0 Å². The lowest BCUT2D eigenvalue weighted by Crippen LogP contribution is -2.18. The summed E-state index contributed by atoms with van der Waals surface area (Å²) in [6.07, 6.45) is 6.45. The Labute approximate surface area is 184 Å². The molecule has 164 valence electrons. The maximum absolute atomic E-state index is 11.5. The highest BCUT2D eigenvalue weighted by Gasteiger charge is 2.10. The van der Waals surface area contributed by atoms with Crippen LogP contribution in [0, 0.1) is 11.3 Å². The van der Waals surface area contributed by atoms with Gasteiger partial charge in [0.1, 0.15) is 11.0 Å². The Morgan fingerprint density at radius 1 is 1.00 bits per heavy atom. The van der Waals surface area contributed by atoms with Crippen LogP contribution in [-0.2, 0) is 9.84 Å². The predicted octanol–water partition coefficient (Wildman–Crippen LogP) is 5.00. The first-order valence-electron chi connectivity index (χ1n) is 10.1. The fourth-order valence-electron chi connectivity index (χ4n) is 2.84. The minimum absolute atomic E-state index is 0.262. The quantitative estimate of drug-likeness (QED) is 0.301. The topological polar surface area (TPSA) is 106 Å². The third kappa shape index (κ3) is 8.32. The number of benzene rings is 2. The zero-order chi connectivity index (χ0) is 22.7. The van der Waals surface area contributed by atoms with E-state index in [1.54, 1.807) is 30.3 Å². The van der Waals surface area contributed by atoms with Crippen molar-refractivity contribution in [1.82, 2.24) is 0 Å². The molecule has 0 amide bonds. The third-order valence-electron chi connectivity index (χ3n) is 4.67. The zero-order valence-corrected chi connectivity index (χ0v) is 18.7. The molecule has 1 N–H and O–H groups in total. The number of hydrogen-bond acceptors (Lipinski definition) is 7. The lowest BCUT2D eigenvalue weighted by atomic mass is 10.2. The van der Waals surface area contributed by atoms with Crippen molar-refractivity contribution in [3.8, 4) is 6.07 Å². The summed E-state index contributed by atoms with van der Waals surface area (Å²) >= 11 is 0. The van der Waals surface area contributed by atoms with Gasteiger partial charge < -0.3 is 10.0 Å². The van der Waals surface area contributed by atoms with Gasteiger partial charge in [0.2, 0.25) is 0 Å². The molecule has 0 aromatic heterocycles. The van der Waals surface area contributed by atoms with Gasteiger partial charge in [-0.05, 0) is 60.9 Å². The number of aliphatic hydroxyl groups excluding tert-OH is 1. The van der Waals surface area contributed by atoms with Crippen molar-refractivity contribution in [1.29, 1.82) is 5.26 Å². The molecule has 2 rings (SSSR count). The maximum Gasteiger partial charge on any atom is 0.185 e. The molecule has 2 aromatic rings. The van der Waals surface area contributed by atoms with E-state index in [0.717, 1.165) is 49.9 Å². The maximum atomic E-state index is 11.5. The number of rotatable bonds is 11. The summed E-state index contributed by atoms with van der Waals surface area (Å²) in [5, 5.41) is 26.2. The Balaban J connectivity index is 1.95. The van der Waals surface area contributed by atoms with Crippen LogP contribution in [-0.4, -0.2) is 40.0 Å². The number of azo groups is 1. The molecule has 0 heterocycles. The predicted molar refractivity (Wildman–Crippen MR) is 124 cm³/mol. The zero-order valence-electron chi connectivity index (χ0n) is 17.9. The fraction of sp³-hybridized carbons (Fsp3) is 0.348. The average molecular weight is 441 g/mol. The highest BCUT2D eigenvalue weighted by Crippen LogP contribution is 2.23. The number of aliphatic hydroxyl groups is 1. The van der Waals surface area contributed by atoms with Crippen LogP contribution in [0.3, 0.4) is 0 Å². The van der Waals surface area contributed by atoms with Gasteiger partial charge in [-0.25, -0.2) is 8.42 Å². The van der Waals surface area contributed by atoms with Crippen LogP contribution in [0.4, 0.5) is 17.1 Å². The van der Waals surface area contributed by atoms with Gasteiger partial charge in [-0.2, -0.15) is 15.5 Å². The third-order valence-corrected chi connectivity index (χ3v) is 5.68. The Morgan fingerprint density at radius 3 is 2.06 bits per heavy atom. The standard InChI is InChI=1S/C23H28N4O3S/c1-27(15-5-3-4-6-16-28)22-13-11-21(12-14-22)26-25-20-9-7-19(8-10-20)17-23(18-24)31(2,29)30/h7-14,17,28H,3-6,15-16H2,1-2H3/b23-17?,26-25+. The van der Waals surface area contributed by atoms with E-state index in [0.29, 0.717) is 11.3 Å². The number of anilines is 1. The molecule has 7 nitrogen and oxygen atoms in total. The Morgan fingerprint density at radius 2 is 1.55 bits per heavy atom. The van der Waals surface area contributed by atoms with E-state index in [4.69, 9.17) is 10.4 Å². The highest BCUT2D eigenvalue weighted by atomic mass is 32.2. The highest BCUT2D eigenvalue weighted by molar-refractivity contribution is 7.95. The van der Waals surface area contributed by atoms with Crippen LogP contribution in [0.2, 0.25) is 0 Å². The number of unbranched alkanes of at least 4 members (excludes halogenated alkanes) is 3. The lowest BCUT2D eigenvalue weighted by Gasteiger charge is -2.19. The largest absolute Gasteiger partial charge is 0.396 e. The molecule has 0 atom stereocenters. The second-order valence-corrected chi connectivity index (χ2v) is 9.24. The summed E-state index contributed by atoms with van der Waals surface area (Å²) in [5.41, 5.74) is 3.06. The van der Waals surface area contributed by atoms with E-state index in [-0.39, 0.29) is 11.5 Å². The first kappa shape index (κ1) is 24.3. The molecule has 0 spiro atoms. The first-order valence-corrected chi connectivity index (χ1v) is 12.0. The van der Waals surface area contributed by atoms with E-state index in [1.165, 1.54) is 6.08 Å². The molecule has 0 fully saturated rings. The van der Waals surface area contributed by atoms with Crippen molar-refractivity contribution in [2.75, 3.05) is 31.4 Å². The van der Waals surface area contributed by atoms with Gasteiger partial charge in [0.15, 0.2) is 9.84 Å². The molecular formula is C23H28N4O3S. The van der Waals surface area contributed by atoms with Gasteiger partial charge in [0, 0.05) is 32.1 Å². The Bertz CT molecular complexity index is 1040. The minimum atomic E-state index is -3.54. The molecule has 0 aliphatic rings. The molecule has 31 heavy (non-hydrogen) atoms. The van der Waals surface area contributed by atoms with E-state index in [1.807, 2.05) is 24.3 Å². The molecule has 0 unspecified atom stereocenters. The van der Waals surface area contributed by atoms with E-state index in [9.17, 15) is 8.42 Å². The fourth-order valence-corrected chi connectivity index (χ4v) is 3.36. The summed E-state index contributed by atoms with van der Waals surface area (Å²) in [6, 6.07) is 16.3. The summed E-state index contributed by atoms with van der Waals surface area (Å²) < 4.78 is 23.0. The van der Waals surface area contributed by atoms with Gasteiger partial charge in [-0.15, -0.1) is 0 Å². The van der Waals surface area contributed by atoms with E-state index >= 15 is 0 Å². The average Bonchev–Trinajstić information content (AvgIpc) is 2.76. The van der Waals surface area contributed by atoms with Crippen LogP contribution in [0.15, 0.2) is 63.7 Å². The number of nitrogens with zero attached hydrogens (tertiary/aromatic N) is 4. The van der Waals surface area contributed by atoms with E-state index in [2.05, 4.69) is 22.2 Å². The van der Waals surface area contributed by atoms with Crippen LogP contribution >= 0.6 is 0 Å². The number of allylic oxidation sites excluding steroid dienone is 1. The van der Waals surface area contributed by atoms with Crippen molar-refractivity contribution in [2.24, 2.45) is 10.2 Å². The molecule has 0 bridgehead atoms. The smallest absolute Gasteiger partial charge is 0.185 e. The molecule has 0 saturated carbocycles. The first-order chi connectivity index (χ1) is 14.8. The van der Waals surface area contributed by atoms with Gasteiger partial charge in [0.05, 0.1) is 11.4 Å². The minimum Gasteiger partial charge on any atom is -0.396 e. The van der Waals surface area contributed by atoms with Crippen LogP contribution in [0.1, 0.15) is 31.2 Å². The molecule has 0 radical (unpaired) electrons. The molecule has 2 aromatic carbocycles. The number of hydrogen-bond donors (Lipinski definition) is 1. The van der Waals surface area contributed by atoms with Crippen molar-refractivity contribution in [3.63, 3.8) is 0 Å². The van der Waals surface area contributed by atoms with Crippen LogP contribution < -0.4 is 4.90 Å². The lowest BCUT2D eigenvalue weighted by molar-refractivity contribution is 0.282. The SMILES string of the molecule is CN(CCCCCCO)c1ccc(/N=N/c2ccc(C=C(C#N)S(C)(=O)=O)cc2)cc1. The summed E-state index contributed by atoms with van der Waals surface area (Å²) in [7, 11) is -1.49. The molecule has 0 saturated heterocycles. The van der Waals surface area contributed by atoms with E-state index < -0.39 is 9.84 Å². The molecule has 0 aliphatic heterocycles. The van der Waals surface area contributed by atoms with Gasteiger partial charge in [-0.3, -0.25) is 0 Å². The van der Waals surface area contributed by atoms with Crippen molar-refractivity contribution in [3.05, 3.63) is 59.0 Å². The Kier molecular flexibility index (Phi) is 9.38. The monoisotopic (exact) mass is 440 g/mol. The van der Waals surface area contributed by atoms with Crippen molar-refractivity contribution in [2.45, 2.75) is 25.7 Å². The van der Waals surface area contributed by atoms with Crippen molar-refractivity contribution < 1.29 is 13.5 Å². The Hall–Kier alpha value is -3.02. The van der Waals surface area contributed by atoms with Gasteiger partial charge in [0.25, 0.3) is 0 Å². The number of nitriles is 1. The van der Waals surface area contributed by atoms with Crippen LogP contribution in [0.5, 0.6) is 0 Å². The van der Waals surface area contributed by atoms with Gasteiger partial charge in [-0.1, -0.05) is 25.0 Å². The number of sulfone groups is 1. The van der Waals surface area contributed by atoms with Gasteiger partial charge >= 0.3 is 0 Å². The summed E-state index contributed by atoms with van der Waals surface area (Å²) in [6.45, 7) is 1.22. The van der Waals surface area contributed by atoms with Crippen LogP contribution in [0.25, 0.3) is 6.08 Å². The summed E-state index contributed by atoms with van der Waals surface area (Å²) in [4.78, 5) is 1.91. The molecule has 0 aliphatic carbocycles. The molecule has 8 heteroatoms. The second kappa shape index (κ2) is 12.0. The summed E-state index contributed by atoms with van der Waals surface area (Å²) in [5.74, 6) is 0. The molecular weight excluding hydrogens is 412 g/mol. The second-order valence-electron chi connectivity index (χ2n) is 7.26. The normalized spacial score (nSPS) is 12.1.